The first kappa shape index (κ1) is 31.7. The van der Waals surface area contributed by atoms with E-state index in [4.69, 9.17) is 9.47 Å². The van der Waals surface area contributed by atoms with E-state index in [-0.39, 0.29) is 6.10 Å². The standard InChI is InChI=1S/C39H44N2O2S2/c1-27-13-12-14-35-37(27)34-20-24-45-39(34)38-33(19-23-44-38)36-28(2)25-31(26-29(36)3)41-40-30-15-17-32(18-16-30)42-21-10-8-6-4-5-7-9-11-22-43-35/h4-5,13,15-20,23-26,35,37H,6-12,14,21-22H2,1-3H3/b5-4-,41-40?. The fraction of sp³-hybridized carbons (Fsp3) is 0.385. The summed E-state index contributed by atoms with van der Waals surface area (Å²) in [5.74, 6) is 1.17. The van der Waals surface area contributed by atoms with Crippen LogP contribution >= 0.6 is 22.7 Å². The maximum atomic E-state index is 6.67. The van der Waals surface area contributed by atoms with Crippen molar-refractivity contribution in [3.05, 3.63) is 99.8 Å². The van der Waals surface area contributed by atoms with Gasteiger partial charge in [0.15, 0.2) is 0 Å². The molecule has 0 fully saturated rings. The lowest BCUT2D eigenvalue weighted by molar-refractivity contribution is 0.0310. The Hall–Kier alpha value is -3.32. The van der Waals surface area contributed by atoms with Crippen LogP contribution in [0.4, 0.5) is 11.4 Å². The topological polar surface area (TPSA) is 43.2 Å². The summed E-state index contributed by atoms with van der Waals surface area (Å²) in [6.07, 6.45) is 16.2. The van der Waals surface area contributed by atoms with E-state index in [0.717, 1.165) is 75.3 Å². The molecule has 0 N–H and O–H groups in total. The van der Waals surface area contributed by atoms with Gasteiger partial charge in [0.05, 0.1) is 29.0 Å². The van der Waals surface area contributed by atoms with Crippen LogP contribution in [0.15, 0.2) is 93.3 Å². The summed E-state index contributed by atoms with van der Waals surface area (Å²) in [6.45, 7) is 8.24. The number of ether oxygens (including phenoxy) is 2. The number of thiophene rings is 2. The van der Waals surface area contributed by atoms with Crippen molar-refractivity contribution in [1.82, 2.24) is 0 Å². The van der Waals surface area contributed by atoms with Gasteiger partial charge >= 0.3 is 0 Å². The lowest BCUT2D eigenvalue weighted by atomic mass is 9.80. The Morgan fingerprint density at radius 3 is 2.18 bits per heavy atom. The van der Waals surface area contributed by atoms with Crippen LogP contribution in [-0.4, -0.2) is 19.3 Å². The molecule has 2 atom stereocenters. The highest BCUT2D eigenvalue weighted by atomic mass is 32.1. The van der Waals surface area contributed by atoms with Gasteiger partial charge < -0.3 is 9.47 Å². The summed E-state index contributed by atoms with van der Waals surface area (Å²) in [7, 11) is 0. The third-order valence-corrected chi connectivity index (χ3v) is 10.9. The molecule has 8 rings (SSSR count). The van der Waals surface area contributed by atoms with Crippen LogP contribution in [-0.2, 0) is 4.74 Å². The molecule has 4 aliphatic rings. The van der Waals surface area contributed by atoms with Crippen molar-refractivity contribution >= 4 is 34.0 Å². The smallest absolute Gasteiger partial charge is 0.119 e. The number of fused-ring (bicyclic) bond motifs is 2. The van der Waals surface area contributed by atoms with Gasteiger partial charge in [0, 0.05) is 23.0 Å². The summed E-state index contributed by atoms with van der Waals surface area (Å²) in [6, 6.07) is 16.9. The summed E-state index contributed by atoms with van der Waals surface area (Å²) in [4.78, 5) is 2.72. The number of benzene rings is 2. The summed E-state index contributed by atoms with van der Waals surface area (Å²) < 4.78 is 12.6. The lowest BCUT2D eigenvalue weighted by Crippen LogP contribution is -2.26. The number of allylic oxidation sites excluding steroid dienone is 3. The Balaban J connectivity index is 1.32. The third-order valence-electron chi connectivity index (χ3n) is 8.88. The number of azo groups is 1. The van der Waals surface area contributed by atoms with Crippen LogP contribution in [0.25, 0.3) is 20.9 Å². The molecule has 2 aromatic heterocycles. The third kappa shape index (κ3) is 7.74. The van der Waals surface area contributed by atoms with E-state index in [0.29, 0.717) is 5.92 Å². The van der Waals surface area contributed by atoms with Gasteiger partial charge in [-0.1, -0.05) is 23.8 Å². The summed E-state index contributed by atoms with van der Waals surface area (Å²) in [5, 5.41) is 13.6. The predicted molar refractivity (Wildman–Crippen MR) is 191 cm³/mol. The van der Waals surface area contributed by atoms with Gasteiger partial charge in [0.2, 0.25) is 0 Å². The monoisotopic (exact) mass is 636 g/mol. The second-order valence-corrected chi connectivity index (χ2v) is 14.1. The largest absolute Gasteiger partial charge is 0.494 e. The Morgan fingerprint density at radius 1 is 0.711 bits per heavy atom. The molecule has 0 radical (unpaired) electrons. The van der Waals surface area contributed by atoms with Crippen molar-refractivity contribution in [2.24, 2.45) is 10.2 Å². The van der Waals surface area contributed by atoms with Crippen LogP contribution in [0.5, 0.6) is 5.75 Å². The highest BCUT2D eigenvalue weighted by molar-refractivity contribution is 7.21. The molecule has 3 aliphatic heterocycles. The molecule has 2 aromatic carbocycles. The predicted octanol–water partition coefficient (Wildman–Crippen LogP) is 12.7. The van der Waals surface area contributed by atoms with Crippen LogP contribution in [0.3, 0.4) is 0 Å². The minimum atomic E-state index is 0.223. The highest BCUT2D eigenvalue weighted by Crippen LogP contribution is 2.48. The fourth-order valence-corrected chi connectivity index (χ4v) is 8.70. The van der Waals surface area contributed by atoms with E-state index in [1.165, 1.54) is 49.6 Å². The normalized spacial score (nSPS) is 20.6. The lowest BCUT2D eigenvalue weighted by Gasteiger charge is -2.32. The molecule has 4 bridgehead atoms. The maximum absolute atomic E-state index is 6.67. The Kier molecular flexibility index (Phi) is 10.8. The number of nitrogens with zero attached hydrogens (tertiary/aromatic N) is 2. The summed E-state index contributed by atoms with van der Waals surface area (Å²) in [5.41, 5.74) is 9.55. The van der Waals surface area contributed by atoms with Crippen molar-refractivity contribution in [1.29, 1.82) is 0 Å². The molecule has 4 nitrogen and oxygen atoms in total. The molecule has 4 aromatic rings. The maximum Gasteiger partial charge on any atom is 0.119 e. The highest BCUT2D eigenvalue weighted by Gasteiger charge is 2.31. The van der Waals surface area contributed by atoms with E-state index >= 15 is 0 Å². The van der Waals surface area contributed by atoms with E-state index in [9.17, 15) is 0 Å². The number of aryl methyl sites for hydroxylation is 2. The van der Waals surface area contributed by atoms with Crippen molar-refractivity contribution in [2.45, 2.75) is 84.2 Å². The first-order valence-electron chi connectivity index (χ1n) is 16.4. The van der Waals surface area contributed by atoms with E-state index in [2.05, 4.69) is 84.3 Å². The Labute approximate surface area is 276 Å². The van der Waals surface area contributed by atoms with Crippen LogP contribution in [0.2, 0.25) is 0 Å². The average Bonchev–Trinajstić information content (AvgIpc) is 3.70. The van der Waals surface area contributed by atoms with Gasteiger partial charge in [-0.3, -0.25) is 0 Å². The molecule has 5 heterocycles. The van der Waals surface area contributed by atoms with Gasteiger partial charge in [0.1, 0.15) is 5.75 Å². The van der Waals surface area contributed by atoms with Crippen molar-refractivity contribution < 1.29 is 9.47 Å². The van der Waals surface area contributed by atoms with E-state index in [1.54, 1.807) is 0 Å². The molecule has 1 aliphatic carbocycles. The first-order chi connectivity index (χ1) is 22.1. The number of rotatable bonds is 0. The summed E-state index contributed by atoms with van der Waals surface area (Å²) >= 11 is 3.70. The molecule has 234 valence electrons. The Bertz CT molecular complexity index is 1640. The quantitative estimate of drug-likeness (QED) is 0.180. The minimum Gasteiger partial charge on any atom is -0.494 e. The van der Waals surface area contributed by atoms with E-state index in [1.807, 2.05) is 46.9 Å². The molecule has 2 unspecified atom stereocenters. The van der Waals surface area contributed by atoms with Crippen LogP contribution < -0.4 is 4.74 Å². The molecular weight excluding hydrogens is 593 g/mol. The molecule has 45 heavy (non-hydrogen) atoms. The zero-order valence-electron chi connectivity index (χ0n) is 26.8. The van der Waals surface area contributed by atoms with Gasteiger partial charge in [0.25, 0.3) is 0 Å². The van der Waals surface area contributed by atoms with Gasteiger partial charge in [-0.25, -0.2) is 0 Å². The molecule has 0 spiro atoms. The van der Waals surface area contributed by atoms with Gasteiger partial charge in [-0.15, -0.1) is 22.7 Å². The van der Waals surface area contributed by atoms with Crippen LogP contribution in [0.1, 0.15) is 80.9 Å². The second-order valence-electron chi connectivity index (χ2n) is 12.2. The van der Waals surface area contributed by atoms with Gasteiger partial charge in [-0.05, 0) is 154 Å². The van der Waals surface area contributed by atoms with Crippen molar-refractivity contribution in [2.75, 3.05) is 13.2 Å². The molecule has 0 saturated heterocycles. The fourth-order valence-electron chi connectivity index (χ4n) is 6.65. The van der Waals surface area contributed by atoms with Crippen molar-refractivity contribution in [3.8, 4) is 26.6 Å². The number of hydrogen-bond donors (Lipinski definition) is 0. The van der Waals surface area contributed by atoms with Gasteiger partial charge in [-0.2, -0.15) is 10.2 Å². The van der Waals surface area contributed by atoms with Crippen LogP contribution in [0, 0.1) is 13.8 Å². The molecule has 6 heteroatoms. The molecular formula is C39H44N2O2S2. The number of hydrogen-bond acceptors (Lipinski definition) is 6. The minimum absolute atomic E-state index is 0.223. The molecule has 0 saturated carbocycles. The zero-order chi connectivity index (χ0) is 31.0. The van der Waals surface area contributed by atoms with Crippen molar-refractivity contribution in [3.63, 3.8) is 0 Å². The Morgan fingerprint density at radius 2 is 1.40 bits per heavy atom. The second kappa shape index (κ2) is 15.3. The zero-order valence-corrected chi connectivity index (χ0v) is 28.4. The molecule has 0 amide bonds. The average molecular weight is 637 g/mol. The van der Waals surface area contributed by atoms with E-state index < -0.39 is 0 Å². The first-order valence-corrected chi connectivity index (χ1v) is 18.2. The SMILES string of the molecule is CC1=CCCC2OCCCC/C=C\CCCCOc3ccc(cc3)N=Nc3cc(C)c(c(C)c3)-c3ccsc3-c3sccc3C12.